The van der Waals surface area contributed by atoms with Crippen molar-refractivity contribution in [1.29, 1.82) is 0 Å². The first-order valence-electron chi connectivity index (χ1n) is 9.23. The highest BCUT2D eigenvalue weighted by atomic mass is 16.2. The summed E-state index contributed by atoms with van der Waals surface area (Å²) in [6.07, 6.45) is 1.25. The lowest BCUT2D eigenvalue weighted by molar-refractivity contribution is -0.130. The van der Waals surface area contributed by atoms with Gasteiger partial charge in [0.25, 0.3) is 5.91 Å². The molecule has 3 rings (SSSR count). The molecule has 2 aromatic rings. The largest absolute Gasteiger partial charge is 0.341 e. The lowest BCUT2D eigenvalue weighted by Gasteiger charge is -2.22. The van der Waals surface area contributed by atoms with Crippen LogP contribution in [0.15, 0.2) is 48.5 Å². The van der Waals surface area contributed by atoms with Crippen LogP contribution in [0.2, 0.25) is 0 Å². The Labute approximate surface area is 155 Å². The summed E-state index contributed by atoms with van der Waals surface area (Å²) in [4.78, 5) is 29.1. The minimum atomic E-state index is 0.0503. The van der Waals surface area contributed by atoms with Crippen LogP contribution in [0.25, 0.3) is 0 Å². The molecule has 0 N–H and O–H groups in total. The van der Waals surface area contributed by atoms with Gasteiger partial charge in [-0.15, -0.1) is 0 Å². The van der Waals surface area contributed by atoms with Gasteiger partial charge in [0.2, 0.25) is 5.91 Å². The Kier molecular flexibility index (Phi) is 5.71. The Hall–Kier alpha value is -2.62. The average Bonchev–Trinajstić information content (AvgIpc) is 2.90. The third kappa shape index (κ3) is 4.31. The van der Waals surface area contributed by atoms with E-state index in [1.807, 2.05) is 46.2 Å². The molecule has 0 aliphatic carbocycles. The molecule has 1 aliphatic heterocycles. The second-order valence-corrected chi connectivity index (χ2v) is 7.00. The monoisotopic (exact) mass is 350 g/mol. The molecule has 1 saturated heterocycles. The van der Waals surface area contributed by atoms with Gasteiger partial charge in [-0.1, -0.05) is 42.0 Å². The van der Waals surface area contributed by atoms with E-state index in [0.29, 0.717) is 38.2 Å². The lowest BCUT2D eigenvalue weighted by Crippen LogP contribution is -2.38. The van der Waals surface area contributed by atoms with Crippen LogP contribution in [0, 0.1) is 13.8 Å². The molecule has 1 fully saturated rings. The first-order chi connectivity index (χ1) is 12.5. The highest BCUT2D eigenvalue weighted by Gasteiger charge is 2.23. The van der Waals surface area contributed by atoms with Gasteiger partial charge in [0.1, 0.15) is 0 Å². The zero-order valence-electron chi connectivity index (χ0n) is 15.6. The molecule has 0 unspecified atom stereocenters. The van der Waals surface area contributed by atoms with Gasteiger partial charge in [-0.2, -0.15) is 0 Å². The molecular weight excluding hydrogens is 324 g/mol. The van der Waals surface area contributed by atoms with Crippen LogP contribution in [-0.2, 0) is 11.2 Å². The van der Waals surface area contributed by atoms with Gasteiger partial charge in [0.05, 0.1) is 6.42 Å². The van der Waals surface area contributed by atoms with Crippen molar-refractivity contribution in [3.63, 3.8) is 0 Å². The molecule has 4 nitrogen and oxygen atoms in total. The second kappa shape index (κ2) is 8.17. The standard InChI is InChI=1S/C22H26N2O2/c1-17-9-10-20(18(2)15-17)16-21(25)23-11-6-12-24(14-13-23)22(26)19-7-4-3-5-8-19/h3-5,7-10,15H,6,11-14,16H2,1-2H3. The van der Waals surface area contributed by atoms with Crippen LogP contribution >= 0.6 is 0 Å². The van der Waals surface area contributed by atoms with Crippen LogP contribution in [0.3, 0.4) is 0 Å². The highest BCUT2D eigenvalue weighted by molar-refractivity contribution is 5.94. The molecular formula is C22H26N2O2. The summed E-state index contributed by atoms with van der Waals surface area (Å²) < 4.78 is 0. The summed E-state index contributed by atoms with van der Waals surface area (Å²) in [5.74, 6) is 0.195. The molecule has 2 amide bonds. The van der Waals surface area contributed by atoms with Crippen LogP contribution < -0.4 is 0 Å². The van der Waals surface area contributed by atoms with Gasteiger partial charge in [0, 0.05) is 31.7 Å². The van der Waals surface area contributed by atoms with Crippen LogP contribution in [-0.4, -0.2) is 47.8 Å². The topological polar surface area (TPSA) is 40.6 Å². The Balaban J connectivity index is 1.61. The molecule has 1 aliphatic rings. The summed E-state index contributed by atoms with van der Waals surface area (Å²) in [6, 6.07) is 15.6. The van der Waals surface area contributed by atoms with Crippen LogP contribution in [0.1, 0.15) is 33.5 Å². The summed E-state index contributed by atoms with van der Waals surface area (Å²) >= 11 is 0. The quantitative estimate of drug-likeness (QED) is 0.853. The maximum atomic E-state index is 12.7. The van der Waals surface area contributed by atoms with Gasteiger partial charge in [0.15, 0.2) is 0 Å². The molecule has 0 radical (unpaired) electrons. The van der Waals surface area contributed by atoms with Crippen LogP contribution in [0.4, 0.5) is 0 Å². The van der Waals surface area contributed by atoms with Gasteiger partial charge in [-0.05, 0) is 43.5 Å². The second-order valence-electron chi connectivity index (χ2n) is 7.00. The SMILES string of the molecule is Cc1ccc(CC(=O)N2CCCN(C(=O)c3ccccc3)CC2)c(C)c1. The van der Waals surface area contributed by atoms with Crippen molar-refractivity contribution < 1.29 is 9.59 Å². The molecule has 0 aromatic heterocycles. The molecule has 1 heterocycles. The van der Waals surface area contributed by atoms with Crippen molar-refractivity contribution in [3.8, 4) is 0 Å². The van der Waals surface area contributed by atoms with E-state index in [0.717, 1.165) is 17.5 Å². The zero-order chi connectivity index (χ0) is 18.5. The number of carbonyl (C=O) groups excluding carboxylic acids is 2. The molecule has 26 heavy (non-hydrogen) atoms. The maximum Gasteiger partial charge on any atom is 0.253 e. The fourth-order valence-electron chi connectivity index (χ4n) is 3.45. The first kappa shape index (κ1) is 18.2. The van der Waals surface area contributed by atoms with Crippen molar-refractivity contribution in [2.45, 2.75) is 26.7 Å². The molecule has 0 saturated carbocycles. The number of hydrogen-bond acceptors (Lipinski definition) is 2. The minimum Gasteiger partial charge on any atom is -0.341 e. The van der Waals surface area contributed by atoms with Crippen LogP contribution in [0.5, 0.6) is 0 Å². The highest BCUT2D eigenvalue weighted by Crippen LogP contribution is 2.14. The molecule has 2 aromatic carbocycles. The van der Waals surface area contributed by atoms with Crippen molar-refractivity contribution in [1.82, 2.24) is 9.80 Å². The molecule has 0 bridgehead atoms. The number of rotatable bonds is 3. The van der Waals surface area contributed by atoms with E-state index < -0.39 is 0 Å². The number of amides is 2. The smallest absolute Gasteiger partial charge is 0.253 e. The summed E-state index contributed by atoms with van der Waals surface area (Å²) in [5.41, 5.74) is 4.17. The average molecular weight is 350 g/mol. The normalized spacial score (nSPS) is 14.8. The van der Waals surface area contributed by atoms with Gasteiger partial charge < -0.3 is 9.80 Å². The molecule has 0 spiro atoms. The third-order valence-electron chi connectivity index (χ3n) is 5.00. The number of aryl methyl sites for hydroxylation is 2. The van der Waals surface area contributed by atoms with Gasteiger partial charge in [-0.3, -0.25) is 9.59 Å². The summed E-state index contributed by atoms with van der Waals surface area (Å²) in [6.45, 7) is 6.71. The number of benzene rings is 2. The summed E-state index contributed by atoms with van der Waals surface area (Å²) in [7, 11) is 0. The fourth-order valence-corrected chi connectivity index (χ4v) is 3.45. The fraction of sp³-hybridized carbons (Fsp3) is 0.364. The van der Waals surface area contributed by atoms with Crippen molar-refractivity contribution in [2.24, 2.45) is 0 Å². The van der Waals surface area contributed by atoms with E-state index in [2.05, 4.69) is 26.0 Å². The Morgan fingerprint density at radius 1 is 0.885 bits per heavy atom. The van der Waals surface area contributed by atoms with E-state index >= 15 is 0 Å². The zero-order valence-corrected chi connectivity index (χ0v) is 15.6. The van der Waals surface area contributed by atoms with E-state index in [1.54, 1.807) is 0 Å². The molecule has 136 valence electrons. The van der Waals surface area contributed by atoms with Gasteiger partial charge in [-0.25, -0.2) is 0 Å². The predicted molar refractivity (Wildman–Crippen MR) is 103 cm³/mol. The van der Waals surface area contributed by atoms with E-state index in [1.165, 1.54) is 5.56 Å². The Morgan fingerprint density at radius 2 is 1.58 bits per heavy atom. The Morgan fingerprint density at radius 3 is 2.31 bits per heavy atom. The van der Waals surface area contributed by atoms with E-state index in [9.17, 15) is 9.59 Å². The number of nitrogens with zero attached hydrogens (tertiary/aromatic N) is 2. The third-order valence-corrected chi connectivity index (χ3v) is 5.00. The van der Waals surface area contributed by atoms with Crippen molar-refractivity contribution in [2.75, 3.05) is 26.2 Å². The maximum absolute atomic E-state index is 12.7. The Bertz CT molecular complexity index is 786. The number of hydrogen-bond donors (Lipinski definition) is 0. The molecule has 0 atom stereocenters. The van der Waals surface area contributed by atoms with Gasteiger partial charge >= 0.3 is 0 Å². The van der Waals surface area contributed by atoms with Crippen molar-refractivity contribution in [3.05, 3.63) is 70.8 Å². The van der Waals surface area contributed by atoms with E-state index in [-0.39, 0.29) is 11.8 Å². The molecule has 4 heteroatoms. The predicted octanol–water partition coefficient (Wildman–Crippen LogP) is 3.22. The summed E-state index contributed by atoms with van der Waals surface area (Å²) in [5, 5.41) is 0. The van der Waals surface area contributed by atoms with E-state index in [4.69, 9.17) is 0 Å². The number of carbonyl (C=O) groups is 2. The van der Waals surface area contributed by atoms with Crippen molar-refractivity contribution >= 4 is 11.8 Å². The minimum absolute atomic E-state index is 0.0503. The lowest BCUT2D eigenvalue weighted by atomic mass is 10.0. The first-order valence-corrected chi connectivity index (χ1v) is 9.23.